The molecule has 0 spiro atoms. The van der Waals surface area contributed by atoms with Gasteiger partial charge in [-0.2, -0.15) is 0 Å². The molecule has 2 heteroatoms. The molecule has 0 amide bonds. The van der Waals surface area contributed by atoms with Gasteiger partial charge in [-0.1, -0.05) is 0 Å². The van der Waals surface area contributed by atoms with Crippen molar-refractivity contribution in [2.45, 2.75) is 26.7 Å². The van der Waals surface area contributed by atoms with E-state index in [1.165, 1.54) is 11.3 Å². The molecule has 17 heavy (non-hydrogen) atoms. The molecule has 1 aromatic carbocycles. The van der Waals surface area contributed by atoms with Crippen LogP contribution in [-0.4, -0.2) is 18.9 Å². The lowest BCUT2D eigenvalue weighted by Gasteiger charge is -2.17. The lowest BCUT2D eigenvalue weighted by atomic mass is 10.1. The number of hydrogen-bond acceptors (Lipinski definition) is 2. The number of hydrogen-bond donors (Lipinski definition) is 0. The zero-order chi connectivity index (χ0) is 12.3. The van der Waals surface area contributed by atoms with Crippen molar-refractivity contribution < 1.29 is 4.79 Å². The van der Waals surface area contributed by atoms with Crippen LogP contribution in [0.2, 0.25) is 0 Å². The van der Waals surface area contributed by atoms with Gasteiger partial charge in [0.2, 0.25) is 0 Å². The first-order chi connectivity index (χ1) is 8.22. The van der Waals surface area contributed by atoms with E-state index in [4.69, 9.17) is 0 Å². The van der Waals surface area contributed by atoms with Crippen LogP contribution in [0.5, 0.6) is 0 Å². The first-order valence-corrected chi connectivity index (χ1v) is 6.01. The second-order valence-electron chi connectivity index (χ2n) is 4.31. The van der Waals surface area contributed by atoms with Crippen molar-refractivity contribution in [2.24, 2.45) is 0 Å². The fraction of sp³-hybridized carbons (Fsp3) is 0.400. The smallest absolute Gasteiger partial charge is 0.159 e. The van der Waals surface area contributed by atoms with Crippen LogP contribution in [-0.2, 0) is 6.42 Å². The van der Waals surface area contributed by atoms with E-state index in [0.29, 0.717) is 0 Å². The Balaban J connectivity index is 2.15. The third-order valence-electron chi connectivity index (χ3n) is 3.16. The van der Waals surface area contributed by atoms with Crippen LogP contribution < -0.4 is 4.90 Å². The van der Waals surface area contributed by atoms with Gasteiger partial charge in [0, 0.05) is 30.8 Å². The maximum absolute atomic E-state index is 11.3. The number of anilines is 1. The highest BCUT2D eigenvalue weighted by atomic mass is 16.1. The van der Waals surface area contributed by atoms with E-state index in [0.717, 1.165) is 31.5 Å². The number of ketones is 1. The molecule has 0 saturated heterocycles. The van der Waals surface area contributed by atoms with Crippen molar-refractivity contribution in [3.8, 4) is 11.8 Å². The van der Waals surface area contributed by atoms with Gasteiger partial charge in [-0.3, -0.25) is 4.79 Å². The Morgan fingerprint density at radius 3 is 3.00 bits per heavy atom. The normalized spacial score (nSPS) is 12.9. The molecule has 0 aromatic heterocycles. The fourth-order valence-electron chi connectivity index (χ4n) is 2.24. The molecule has 1 aliphatic rings. The SMILES string of the molecule is CC#CCCN1CCc2cc(C(C)=O)ccc21. The van der Waals surface area contributed by atoms with E-state index >= 15 is 0 Å². The first-order valence-electron chi connectivity index (χ1n) is 6.01. The Morgan fingerprint density at radius 2 is 2.29 bits per heavy atom. The molecule has 0 atom stereocenters. The first kappa shape index (κ1) is 11.7. The average molecular weight is 227 g/mol. The third-order valence-corrected chi connectivity index (χ3v) is 3.16. The molecular weight excluding hydrogens is 210 g/mol. The number of nitrogens with zero attached hydrogens (tertiary/aromatic N) is 1. The van der Waals surface area contributed by atoms with Crippen molar-refractivity contribution in [2.75, 3.05) is 18.0 Å². The average Bonchev–Trinajstić information content (AvgIpc) is 2.72. The van der Waals surface area contributed by atoms with Gasteiger partial charge < -0.3 is 4.90 Å². The molecule has 1 heterocycles. The summed E-state index contributed by atoms with van der Waals surface area (Å²) in [6, 6.07) is 6.02. The maximum Gasteiger partial charge on any atom is 0.159 e. The van der Waals surface area contributed by atoms with Gasteiger partial charge >= 0.3 is 0 Å². The summed E-state index contributed by atoms with van der Waals surface area (Å²) in [6.07, 6.45) is 1.94. The summed E-state index contributed by atoms with van der Waals surface area (Å²) in [5.41, 5.74) is 3.38. The number of fused-ring (bicyclic) bond motifs is 1. The van der Waals surface area contributed by atoms with Gasteiger partial charge in [0.15, 0.2) is 5.78 Å². The lowest BCUT2D eigenvalue weighted by Crippen LogP contribution is -2.21. The monoisotopic (exact) mass is 227 g/mol. The Bertz CT molecular complexity index is 493. The molecule has 0 aliphatic carbocycles. The van der Waals surface area contributed by atoms with E-state index in [2.05, 4.69) is 22.8 Å². The summed E-state index contributed by atoms with van der Waals surface area (Å²) < 4.78 is 0. The second-order valence-corrected chi connectivity index (χ2v) is 4.31. The standard InChI is InChI=1S/C15H17NO/c1-3-4-5-9-16-10-8-14-11-13(12(2)17)6-7-15(14)16/h6-7,11H,5,8-10H2,1-2H3. The Labute approximate surface area is 103 Å². The highest BCUT2D eigenvalue weighted by Crippen LogP contribution is 2.28. The Morgan fingerprint density at radius 1 is 1.47 bits per heavy atom. The van der Waals surface area contributed by atoms with Crippen molar-refractivity contribution in [1.29, 1.82) is 0 Å². The quantitative estimate of drug-likeness (QED) is 0.584. The number of benzene rings is 1. The summed E-state index contributed by atoms with van der Waals surface area (Å²) in [4.78, 5) is 13.7. The van der Waals surface area contributed by atoms with Crippen LogP contribution in [0, 0.1) is 11.8 Å². The zero-order valence-electron chi connectivity index (χ0n) is 10.4. The van der Waals surface area contributed by atoms with E-state index in [1.54, 1.807) is 6.92 Å². The summed E-state index contributed by atoms with van der Waals surface area (Å²) in [7, 11) is 0. The minimum absolute atomic E-state index is 0.142. The lowest BCUT2D eigenvalue weighted by molar-refractivity contribution is 0.101. The Hall–Kier alpha value is -1.75. The third kappa shape index (κ3) is 2.50. The molecule has 1 aromatic rings. The summed E-state index contributed by atoms with van der Waals surface area (Å²) in [6.45, 7) is 5.51. The molecule has 88 valence electrons. The van der Waals surface area contributed by atoms with Crippen LogP contribution in [0.1, 0.15) is 36.2 Å². The predicted molar refractivity (Wildman–Crippen MR) is 70.4 cm³/mol. The molecule has 0 bridgehead atoms. The van der Waals surface area contributed by atoms with Crippen molar-refractivity contribution in [3.63, 3.8) is 0 Å². The van der Waals surface area contributed by atoms with Crippen molar-refractivity contribution in [3.05, 3.63) is 29.3 Å². The van der Waals surface area contributed by atoms with E-state index in [9.17, 15) is 4.79 Å². The van der Waals surface area contributed by atoms with Crippen molar-refractivity contribution >= 4 is 11.5 Å². The van der Waals surface area contributed by atoms with Crippen LogP contribution in [0.4, 0.5) is 5.69 Å². The zero-order valence-corrected chi connectivity index (χ0v) is 10.4. The number of rotatable bonds is 3. The van der Waals surface area contributed by atoms with E-state index < -0.39 is 0 Å². The molecule has 0 fully saturated rings. The topological polar surface area (TPSA) is 20.3 Å². The number of carbonyl (C=O) groups excluding carboxylic acids is 1. The largest absolute Gasteiger partial charge is 0.370 e. The molecule has 0 radical (unpaired) electrons. The van der Waals surface area contributed by atoms with E-state index in [-0.39, 0.29) is 5.78 Å². The van der Waals surface area contributed by atoms with Crippen LogP contribution in [0.3, 0.4) is 0 Å². The summed E-state index contributed by atoms with van der Waals surface area (Å²) >= 11 is 0. The minimum Gasteiger partial charge on any atom is -0.370 e. The Kier molecular flexibility index (Phi) is 3.49. The maximum atomic E-state index is 11.3. The van der Waals surface area contributed by atoms with E-state index in [1.807, 2.05) is 19.1 Å². The van der Waals surface area contributed by atoms with Crippen LogP contribution in [0.15, 0.2) is 18.2 Å². The molecule has 0 N–H and O–H groups in total. The number of carbonyl (C=O) groups is 1. The molecule has 0 saturated carbocycles. The van der Waals surface area contributed by atoms with Gasteiger partial charge in [-0.15, -0.1) is 11.8 Å². The molecule has 0 unspecified atom stereocenters. The highest BCUT2D eigenvalue weighted by Gasteiger charge is 2.18. The van der Waals surface area contributed by atoms with Gasteiger partial charge in [-0.25, -0.2) is 0 Å². The van der Waals surface area contributed by atoms with Crippen molar-refractivity contribution in [1.82, 2.24) is 0 Å². The van der Waals surface area contributed by atoms with Gasteiger partial charge in [-0.05, 0) is 44.0 Å². The van der Waals surface area contributed by atoms with Gasteiger partial charge in [0.1, 0.15) is 0 Å². The second kappa shape index (κ2) is 5.05. The highest BCUT2D eigenvalue weighted by molar-refractivity contribution is 5.94. The molecule has 2 rings (SSSR count). The van der Waals surface area contributed by atoms with Crippen LogP contribution >= 0.6 is 0 Å². The molecule has 2 nitrogen and oxygen atoms in total. The summed E-state index contributed by atoms with van der Waals surface area (Å²) in [5, 5.41) is 0. The fourth-order valence-corrected chi connectivity index (χ4v) is 2.24. The summed E-state index contributed by atoms with van der Waals surface area (Å²) in [5.74, 6) is 6.15. The minimum atomic E-state index is 0.142. The predicted octanol–water partition coefficient (Wildman–Crippen LogP) is 2.67. The molecular formula is C15H17NO. The number of Topliss-reactive ketones (excluding diaryl/α,β-unsaturated/α-hetero) is 1. The van der Waals surface area contributed by atoms with Crippen LogP contribution in [0.25, 0.3) is 0 Å². The van der Waals surface area contributed by atoms with Gasteiger partial charge in [0.25, 0.3) is 0 Å². The van der Waals surface area contributed by atoms with Gasteiger partial charge in [0.05, 0.1) is 0 Å². The molecule has 1 aliphatic heterocycles.